The summed E-state index contributed by atoms with van der Waals surface area (Å²) >= 11 is 0. The molecule has 2 unspecified atom stereocenters. The van der Waals surface area contributed by atoms with Crippen molar-refractivity contribution in [1.29, 1.82) is 0 Å². The summed E-state index contributed by atoms with van der Waals surface area (Å²) < 4.78 is 8.09. The fourth-order valence-electron chi connectivity index (χ4n) is 3.55. The van der Waals surface area contributed by atoms with Crippen molar-refractivity contribution < 1.29 is 4.74 Å². The van der Waals surface area contributed by atoms with Gasteiger partial charge in [0.25, 0.3) is 0 Å². The molecule has 1 fully saturated rings. The predicted octanol–water partition coefficient (Wildman–Crippen LogP) is 3.39. The second-order valence-corrected chi connectivity index (χ2v) is 5.97. The van der Waals surface area contributed by atoms with Crippen molar-refractivity contribution >= 4 is 5.82 Å². The first-order chi connectivity index (χ1) is 10.3. The van der Waals surface area contributed by atoms with Gasteiger partial charge in [-0.2, -0.15) is 5.10 Å². The lowest BCUT2D eigenvalue weighted by Gasteiger charge is -2.29. The summed E-state index contributed by atoms with van der Waals surface area (Å²) in [7, 11) is 0. The average Bonchev–Trinajstić information content (AvgIpc) is 3.17. The highest BCUT2D eigenvalue weighted by Crippen LogP contribution is 2.37. The summed E-state index contributed by atoms with van der Waals surface area (Å²) in [6.07, 6.45) is 3.75. The summed E-state index contributed by atoms with van der Waals surface area (Å²) in [4.78, 5) is 0. The van der Waals surface area contributed by atoms with Gasteiger partial charge >= 0.3 is 0 Å². The molecule has 21 heavy (non-hydrogen) atoms. The molecule has 110 valence electrons. The van der Waals surface area contributed by atoms with Crippen LogP contribution in [0.1, 0.15) is 30.9 Å². The maximum atomic E-state index is 5.92. The Hall–Kier alpha value is -1.81. The Morgan fingerprint density at radius 1 is 1.24 bits per heavy atom. The Bertz CT molecular complexity index is 629. The van der Waals surface area contributed by atoms with Gasteiger partial charge in [-0.1, -0.05) is 30.3 Å². The third kappa shape index (κ3) is 2.14. The van der Waals surface area contributed by atoms with Gasteiger partial charge in [0.2, 0.25) is 0 Å². The summed E-state index contributed by atoms with van der Waals surface area (Å²) in [6, 6.07) is 10.8. The minimum atomic E-state index is 0.328. The van der Waals surface area contributed by atoms with E-state index in [1.54, 1.807) is 0 Å². The highest BCUT2D eigenvalue weighted by molar-refractivity contribution is 5.69. The van der Waals surface area contributed by atoms with Gasteiger partial charge in [-0.05, 0) is 26.2 Å². The van der Waals surface area contributed by atoms with Crippen molar-refractivity contribution in [3.8, 4) is 11.3 Å². The second-order valence-electron chi connectivity index (χ2n) is 5.97. The number of ether oxygens (including phenoxy) is 1. The summed E-state index contributed by atoms with van der Waals surface area (Å²) in [5.74, 6) is 1.17. The maximum Gasteiger partial charge on any atom is 0.128 e. The van der Waals surface area contributed by atoms with Gasteiger partial charge in [-0.15, -0.1) is 0 Å². The number of rotatable bonds is 2. The van der Waals surface area contributed by atoms with E-state index in [0.29, 0.717) is 12.1 Å². The average molecular weight is 283 g/mol. The van der Waals surface area contributed by atoms with Crippen molar-refractivity contribution in [1.82, 2.24) is 9.78 Å². The molecule has 1 saturated heterocycles. The van der Waals surface area contributed by atoms with Crippen LogP contribution in [-0.2, 0) is 4.74 Å². The maximum absolute atomic E-state index is 5.92. The van der Waals surface area contributed by atoms with Gasteiger partial charge in [-0.25, -0.2) is 4.68 Å². The molecule has 1 aromatic carbocycles. The fraction of sp³-hybridized carbons (Fsp3) is 0.471. The first-order valence-corrected chi connectivity index (χ1v) is 7.84. The molecular formula is C17H21N3O. The molecule has 0 spiro atoms. The Morgan fingerprint density at radius 3 is 2.86 bits per heavy atom. The van der Waals surface area contributed by atoms with Gasteiger partial charge in [0.15, 0.2) is 0 Å². The van der Waals surface area contributed by atoms with E-state index in [9.17, 15) is 0 Å². The van der Waals surface area contributed by atoms with E-state index in [0.717, 1.165) is 31.7 Å². The van der Waals surface area contributed by atoms with Crippen molar-refractivity contribution in [2.75, 3.05) is 18.5 Å². The number of anilines is 1. The molecule has 0 radical (unpaired) electrons. The molecule has 4 heteroatoms. The lowest BCUT2D eigenvalue weighted by atomic mass is 10.0. The number of fused-ring (bicyclic) bond motifs is 1. The van der Waals surface area contributed by atoms with Gasteiger partial charge < -0.3 is 10.1 Å². The molecule has 2 aliphatic rings. The van der Waals surface area contributed by atoms with Crippen LogP contribution in [0.5, 0.6) is 0 Å². The van der Waals surface area contributed by atoms with Crippen LogP contribution in [-0.4, -0.2) is 29.0 Å². The van der Waals surface area contributed by atoms with Crippen LogP contribution in [0.15, 0.2) is 30.3 Å². The number of nitrogens with one attached hydrogen (secondary N) is 1. The lowest BCUT2D eigenvalue weighted by molar-refractivity contribution is 0.0592. The van der Waals surface area contributed by atoms with Gasteiger partial charge in [-0.3, -0.25) is 0 Å². The van der Waals surface area contributed by atoms with Gasteiger partial charge in [0, 0.05) is 24.3 Å². The third-order valence-corrected chi connectivity index (χ3v) is 4.64. The number of aromatic nitrogens is 2. The normalized spacial score (nSPS) is 24.6. The molecule has 1 N–H and O–H groups in total. The zero-order chi connectivity index (χ0) is 14.2. The van der Waals surface area contributed by atoms with E-state index >= 15 is 0 Å². The first-order valence-electron chi connectivity index (χ1n) is 7.84. The van der Waals surface area contributed by atoms with E-state index in [1.165, 1.54) is 23.4 Å². The molecule has 4 rings (SSSR count). The largest absolute Gasteiger partial charge is 0.376 e. The number of nitrogens with zero attached hydrogens (tertiary/aromatic N) is 2. The van der Waals surface area contributed by atoms with E-state index in [1.807, 2.05) is 6.07 Å². The van der Waals surface area contributed by atoms with Crippen LogP contribution in [0.2, 0.25) is 0 Å². The topological polar surface area (TPSA) is 39.1 Å². The molecule has 0 bridgehead atoms. The molecule has 0 amide bonds. The van der Waals surface area contributed by atoms with Crippen LogP contribution in [0.4, 0.5) is 5.82 Å². The van der Waals surface area contributed by atoms with Crippen LogP contribution in [0.3, 0.4) is 0 Å². The molecule has 4 nitrogen and oxygen atoms in total. The zero-order valence-electron chi connectivity index (χ0n) is 12.4. The minimum absolute atomic E-state index is 0.328. The second kappa shape index (κ2) is 5.19. The van der Waals surface area contributed by atoms with Crippen LogP contribution in [0, 0.1) is 6.92 Å². The SMILES string of the molecule is Cc1c(-c2ccccc2)nn2c1NCCC2C1CCCO1. The van der Waals surface area contributed by atoms with Crippen molar-refractivity contribution in [2.45, 2.75) is 38.3 Å². The summed E-state index contributed by atoms with van der Waals surface area (Å²) in [5.41, 5.74) is 3.51. The summed E-state index contributed by atoms with van der Waals surface area (Å²) in [5, 5.41) is 8.44. The summed E-state index contributed by atoms with van der Waals surface area (Å²) in [6.45, 7) is 4.06. The van der Waals surface area contributed by atoms with Crippen molar-refractivity contribution in [3.05, 3.63) is 35.9 Å². The molecule has 1 aromatic heterocycles. The van der Waals surface area contributed by atoms with Gasteiger partial charge in [0.1, 0.15) is 5.82 Å². The molecule has 2 aromatic rings. The van der Waals surface area contributed by atoms with Crippen LogP contribution < -0.4 is 5.32 Å². The molecule has 2 atom stereocenters. The lowest BCUT2D eigenvalue weighted by Crippen LogP contribution is -2.32. The third-order valence-electron chi connectivity index (χ3n) is 4.64. The molecule has 0 aliphatic carbocycles. The highest BCUT2D eigenvalue weighted by Gasteiger charge is 2.33. The van der Waals surface area contributed by atoms with E-state index < -0.39 is 0 Å². The van der Waals surface area contributed by atoms with Crippen LogP contribution >= 0.6 is 0 Å². The quantitative estimate of drug-likeness (QED) is 0.918. The Balaban J connectivity index is 1.76. The standard InChI is InChI=1S/C17H21N3O/c1-12-16(13-6-3-2-4-7-13)19-20-14(9-10-18-17(12)20)15-8-5-11-21-15/h2-4,6-7,14-15,18H,5,8-11H2,1H3. The monoisotopic (exact) mass is 283 g/mol. The highest BCUT2D eigenvalue weighted by atomic mass is 16.5. The van der Waals surface area contributed by atoms with E-state index in [2.05, 4.69) is 41.2 Å². The zero-order valence-corrected chi connectivity index (χ0v) is 12.4. The van der Waals surface area contributed by atoms with Crippen molar-refractivity contribution in [3.63, 3.8) is 0 Å². The smallest absolute Gasteiger partial charge is 0.128 e. The minimum Gasteiger partial charge on any atom is -0.376 e. The number of hydrogen-bond acceptors (Lipinski definition) is 3. The molecule has 3 heterocycles. The molecular weight excluding hydrogens is 262 g/mol. The first kappa shape index (κ1) is 12.9. The van der Waals surface area contributed by atoms with E-state index in [4.69, 9.17) is 9.84 Å². The Morgan fingerprint density at radius 2 is 2.10 bits per heavy atom. The van der Waals surface area contributed by atoms with Crippen molar-refractivity contribution in [2.24, 2.45) is 0 Å². The fourth-order valence-corrected chi connectivity index (χ4v) is 3.55. The molecule has 2 aliphatic heterocycles. The molecule has 0 saturated carbocycles. The van der Waals surface area contributed by atoms with E-state index in [-0.39, 0.29) is 0 Å². The number of benzene rings is 1. The van der Waals surface area contributed by atoms with Gasteiger partial charge in [0.05, 0.1) is 17.8 Å². The predicted molar refractivity (Wildman–Crippen MR) is 83.5 cm³/mol. The Kier molecular flexibility index (Phi) is 3.19. The van der Waals surface area contributed by atoms with Crippen LogP contribution in [0.25, 0.3) is 11.3 Å². The number of hydrogen-bond donors (Lipinski definition) is 1. The Labute approximate surface area is 125 Å².